The van der Waals surface area contributed by atoms with Crippen molar-refractivity contribution in [2.45, 2.75) is 64.6 Å². The van der Waals surface area contributed by atoms with Gasteiger partial charge in [0.05, 0.1) is 29.5 Å². The third kappa shape index (κ3) is 3.77. The van der Waals surface area contributed by atoms with Crippen LogP contribution in [0, 0.1) is 6.92 Å². The van der Waals surface area contributed by atoms with Gasteiger partial charge in [0.25, 0.3) is 0 Å². The summed E-state index contributed by atoms with van der Waals surface area (Å²) in [6, 6.07) is 6.51. The van der Waals surface area contributed by atoms with Gasteiger partial charge in [-0.3, -0.25) is 4.68 Å². The van der Waals surface area contributed by atoms with Crippen LogP contribution in [0.1, 0.15) is 50.9 Å². The summed E-state index contributed by atoms with van der Waals surface area (Å²) in [6.45, 7) is 9.10. The average molecular weight is 435 g/mol. The molecule has 5 rings (SSSR count). The molecule has 32 heavy (non-hydrogen) atoms. The van der Waals surface area contributed by atoms with Gasteiger partial charge >= 0.3 is 0 Å². The number of anilines is 2. The Bertz CT molecular complexity index is 1280. The molecule has 1 fully saturated rings. The maximum Gasteiger partial charge on any atom is 0.223 e. The first-order valence-electron chi connectivity index (χ1n) is 11.1. The Morgan fingerprint density at radius 2 is 2.03 bits per heavy atom. The van der Waals surface area contributed by atoms with Crippen LogP contribution in [0.25, 0.3) is 16.6 Å². The number of aliphatic hydroxyl groups is 1. The van der Waals surface area contributed by atoms with Crippen LogP contribution in [0.3, 0.4) is 0 Å². The Morgan fingerprint density at radius 3 is 2.81 bits per heavy atom. The molecule has 0 unspecified atom stereocenters. The third-order valence-corrected chi connectivity index (χ3v) is 6.22. The molecule has 0 spiro atoms. The van der Waals surface area contributed by atoms with Crippen molar-refractivity contribution in [2.75, 3.05) is 17.2 Å². The van der Waals surface area contributed by atoms with Crippen molar-refractivity contribution in [1.82, 2.24) is 29.4 Å². The molecule has 168 valence electrons. The molecule has 4 aromatic rings. The number of aromatic nitrogens is 6. The van der Waals surface area contributed by atoms with Crippen LogP contribution in [0.4, 0.5) is 11.6 Å². The quantitative estimate of drug-likeness (QED) is 0.508. The van der Waals surface area contributed by atoms with E-state index in [1.807, 2.05) is 31.5 Å². The Balaban J connectivity index is 1.46. The second-order valence-electron chi connectivity index (χ2n) is 9.68. The van der Waals surface area contributed by atoms with E-state index in [-0.39, 0.29) is 5.92 Å². The van der Waals surface area contributed by atoms with Gasteiger partial charge in [0, 0.05) is 30.1 Å². The summed E-state index contributed by atoms with van der Waals surface area (Å²) < 4.78 is 3.46. The third-order valence-electron chi connectivity index (χ3n) is 6.22. The standard InChI is InChI=1S/C23H30N8O/c1-14-5-8-18-19(9-14)26-22(24)31-21(18)27-20(28-31)16-7-6-15(2)30(11-16)17-10-25-29(12-17)13-23(3,4)32/h5,8-10,12,15-16,32H,6-7,11,13H2,1-4H3,(H2,24,26)/t15-,16+/m0/s1. The van der Waals surface area contributed by atoms with Gasteiger partial charge in [-0.15, -0.1) is 5.10 Å². The minimum Gasteiger partial charge on any atom is -0.389 e. The van der Waals surface area contributed by atoms with Crippen molar-refractivity contribution in [3.63, 3.8) is 0 Å². The normalized spacial score (nSPS) is 19.8. The lowest BCUT2D eigenvalue weighted by Gasteiger charge is -2.37. The molecule has 0 radical (unpaired) electrons. The number of hydrogen-bond acceptors (Lipinski definition) is 7. The average Bonchev–Trinajstić information content (AvgIpc) is 3.35. The molecule has 0 bridgehead atoms. The van der Waals surface area contributed by atoms with Crippen LogP contribution in [0.2, 0.25) is 0 Å². The number of rotatable bonds is 4. The van der Waals surface area contributed by atoms with E-state index in [9.17, 15) is 5.11 Å². The zero-order valence-corrected chi connectivity index (χ0v) is 19.0. The molecule has 4 heterocycles. The van der Waals surface area contributed by atoms with Crippen LogP contribution in [0.15, 0.2) is 30.6 Å². The number of fused-ring (bicyclic) bond motifs is 3. The molecule has 2 atom stereocenters. The first kappa shape index (κ1) is 20.7. The van der Waals surface area contributed by atoms with E-state index in [2.05, 4.69) is 28.0 Å². The summed E-state index contributed by atoms with van der Waals surface area (Å²) in [5.41, 5.74) is 9.19. The molecule has 1 aliphatic heterocycles. The number of nitrogens with two attached hydrogens (primary N) is 1. The fourth-order valence-corrected chi connectivity index (χ4v) is 4.59. The highest BCUT2D eigenvalue weighted by Crippen LogP contribution is 2.33. The second kappa shape index (κ2) is 7.44. The number of nitrogens with zero attached hydrogens (tertiary/aromatic N) is 7. The fraction of sp³-hybridized carbons (Fsp3) is 0.478. The first-order chi connectivity index (χ1) is 15.2. The molecule has 3 N–H and O–H groups in total. The lowest BCUT2D eigenvalue weighted by molar-refractivity contribution is 0.0577. The van der Waals surface area contributed by atoms with Gasteiger partial charge in [-0.2, -0.15) is 9.61 Å². The molecule has 1 aliphatic rings. The van der Waals surface area contributed by atoms with Crippen LogP contribution in [-0.4, -0.2) is 52.7 Å². The van der Waals surface area contributed by atoms with Crippen LogP contribution in [-0.2, 0) is 6.54 Å². The monoisotopic (exact) mass is 434 g/mol. The van der Waals surface area contributed by atoms with Gasteiger partial charge in [-0.05, 0) is 58.2 Å². The number of piperidine rings is 1. The van der Waals surface area contributed by atoms with E-state index in [0.717, 1.165) is 53.0 Å². The highest BCUT2D eigenvalue weighted by atomic mass is 16.3. The Labute approximate surface area is 186 Å². The van der Waals surface area contributed by atoms with E-state index in [1.165, 1.54) is 0 Å². The smallest absolute Gasteiger partial charge is 0.223 e. The Kier molecular flexibility index (Phi) is 4.81. The summed E-state index contributed by atoms with van der Waals surface area (Å²) in [7, 11) is 0. The maximum atomic E-state index is 10.1. The predicted octanol–water partition coefficient (Wildman–Crippen LogP) is 2.91. The van der Waals surface area contributed by atoms with E-state index in [1.54, 1.807) is 23.0 Å². The van der Waals surface area contributed by atoms with Crippen LogP contribution >= 0.6 is 0 Å². The molecule has 3 aromatic heterocycles. The molecule has 1 saturated heterocycles. The summed E-state index contributed by atoms with van der Waals surface area (Å²) >= 11 is 0. The lowest BCUT2D eigenvalue weighted by atomic mass is 9.92. The molecule has 0 aliphatic carbocycles. The molecule has 0 saturated carbocycles. The first-order valence-corrected chi connectivity index (χ1v) is 11.1. The van der Waals surface area contributed by atoms with E-state index in [0.29, 0.717) is 18.5 Å². The van der Waals surface area contributed by atoms with Crippen LogP contribution in [0.5, 0.6) is 0 Å². The SMILES string of the molecule is Cc1ccc2c(c1)nc(N)n1nc([C@@H]3CC[C@H](C)N(c4cnn(CC(C)(C)O)c4)C3)nc21. The Hall–Kier alpha value is -3.20. The topological polar surface area (TPSA) is 110 Å². The molecular formula is C23H30N8O. The van der Waals surface area contributed by atoms with Gasteiger partial charge in [-0.1, -0.05) is 6.07 Å². The lowest BCUT2D eigenvalue weighted by Crippen LogP contribution is -2.41. The van der Waals surface area contributed by atoms with Crippen molar-refractivity contribution < 1.29 is 5.11 Å². The molecule has 0 amide bonds. The van der Waals surface area contributed by atoms with Gasteiger partial charge in [-0.25, -0.2) is 9.97 Å². The van der Waals surface area contributed by atoms with E-state index in [4.69, 9.17) is 15.8 Å². The van der Waals surface area contributed by atoms with Gasteiger partial charge in [0.1, 0.15) is 0 Å². The summed E-state index contributed by atoms with van der Waals surface area (Å²) in [5.74, 6) is 1.33. The molecule has 1 aromatic carbocycles. The fourth-order valence-electron chi connectivity index (χ4n) is 4.59. The van der Waals surface area contributed by atoms with Crippen molar-refractivity contribution in [3.05, 3.63) is 42.0 Å². The molecule has 9 heteroatoms. The van der Waals surface area contributed by atoms with Gasteiger partial charge < -0.3 is 15.7 Å². The molecule has 9 nitrogen and oxygen atoms in total. The predicted molar refractivity (Wildman–Crippen MR) is 125 cm³/mol. The summed E-state index contributed by atoms with van der Waals surface area (Å²) in [4.78, 5) is 11.8. The zero-order valence-electron chi connectivity index (χ0n) is 19.0. The van der Waals surface area contributed by atoms with Crippen molar-refractivity contribution in [2.24, 2.45) is 0 Å². The van der Waals surface area contributed by atoms with Gasteiger partial charge in [0.15, 0.2) is 11.5 Å². The van der Waals surface area contributed by atoms with Gasteiger partial charge in [0.2, 0.25) is 5.95 Å². The highest BCUT2D eigenvalue weighted by Gasteiger charge is 2.30. The summed E-state index contributed by atoms with van der Waals surface area (Å²) in [6.07, 6.45) is 5.92. The zero-order chi connectivity index (χ0) is 22.6. The van der Waals surface area contributed by atoms with Crippen molar-refractivity contribution in [3.8, 4) is 0 Å². The minimum atomic E-state index is -0.810. The molecular weight excluding hydrogens is 404 g/mol. The highest BCUT2D eigenvalue weighted by molar-refractivity contribution is 5.92. The largest absolute Gasteiger partial charge is 0.389 e. The number of hydrogen-bond donors (Lipinski definition) is 2. The van der Waals surface area contributed by atoms with E-state index < -0.39 is 5.60 Å². The number of nitrogen functional groups attached to an aromatic ring is 1. The van der Waals surface area contributed by atoms with Crippen molar-refractivity contribution in [1.29, 1.82) is 0 Å². The van der Waals surface area contributed by atoms with Crippen molar-refractivity contribution >= 4 is 28.2 Å². The minimum absolute atomic E-state index is 0.184. The summed E-state index contributed by atoms with van der Waals surface area (Å²) in [5, 5.41) is 20.3. The van der Waals surface area contributed by atoms with E-state index >= 15 is 0 Å². The Morgan fingerprint density at radius 1 is 1.22 bits per heavy atom. The second-order valence-corrected chi connectivity index (χ2v) is 9.68. The van der Waals surface area contributed by atoms with Crippen LogP contribution < -0.4 is 10.6 Å². The number of aryl methyl sites for hydroxylation is 1. The number of benzene rings is 1. The maximum absolute atomic E-state index is 10.1.